The first-order valence-electron chi connectivity index (χ1n) is 8.52. The Morgan fingerprint density at radius 1 is 1.12 bits per heavy atom. The highest BCUT2D eigenvalue weighted by Gasteiger charge is 2.10. The molecule has 1 aromatic heterocycles. The lowest BCUT2D eigenvalue weighted by Crippen LogP contribution is -2.23. The van der Waals surface area contributed by atoms with Crippen molar-refractivity contribution in [3.8, 4) is 0 Å². The predicted octanol–water partition coefficient (Wildman–Crippen LogP) is 4.64. The Morgan fingerprint density at radius 2 is 1.88 bits per heavy atom. The van der Waals surface area contributed by atoms with Crippen molar-refractivity contribution in [2.75, 3.05) is 29.0 Å². The molecule has 130 valence electrons. The topological polar surface area (TPSA) is 67.1 Å². The quantitative estimate of drug-likeness (QED) is 0.680. The zero-order valence-electron chi connectivity index (χ0n) is 14.6. The lowest BCUT2D eigenvalue weighted by Gasteiger charge is -2.21. The molecule has 0 unspecified atom stereocenters. The molecule has 0 aliphatic heterocycles. The van der Waals surface area contributed by atoms with Crippen LogP contribution >= 0.6 is 11.6 Å². The van der Waals surface area contributed by atoms with Gasteiger partial charge in [0.1, 0.15) is 5.82 Å². The summed E-state index contributed by atoms with van der Waals surface area (Å²) in [5.74, 6) is 1.54. The van der Waals surface area contributed by atoms with E-state index in [9.17, 15) is 0 Å². The summed E-state index contributed by atoms with van der Waals surface area (Å²) in [5.41, 5.74) is 8.29. The molecule has 0 saturated carbocycles. The molecule has 0 atom stereocenters. The SMILES string of the molecule is CCCCc1cc(N(CC)CC)nc(Nc2ccc(Cl)c(N)c2)n1. The zero-order chi connectivity index (χ0) is 17.5. The minimum Gasteiger partial charge on any atom is -0.397 e. The van der Waals surface area contributed by atoms with Crippen LogP contribution in [0.3, 0.4) is 0 Å². The molecule has 3 N–H and O–H groups in total. The fourth-order valence-corrected chi connectivity index (χ4v) is 2.60. The summed E-state index contributed by atoms with van der Waals surface area (Å²) in [6, 6.07) is 7.52. The van der Waals surface area contributed by atoms with Gasteiger partial charge in [-0.15, -0.1) is 0 Å². The summed E-state index contributed by atoms with van der Waals surface area (Å²) in [6.07, 6.45) is 3.20. The van der Waals surface area contributed by atoms with Gasteiger partial charge in [0.2, 0.25) is 5.95 Å². The standard InChI is InChI=1S/C18H26ClN5/c1-4-7-8-13-12-17(24(5-2)6-3)23-18(21-13)22-14-9-10-15(19)16(20)11-14/h9-12H,4-8,20H2,1-3H3,(H,21,22,23). The summed E-state index contributed by atoms with van der Waals surface area (Å²) >= 11 is 5.98. The van der Waals surface area contributed by atoms with E-state index in [4.69, 9.17) is 17.3 Å². The number of hydrogen-bond acceptors (Lipinski definition) is 5. The minimum atomic E-state index is 0.535. The van der Waals surface area contributed by atoms with Gasteiger partial charge in [0.25, 0.3) is 0 Å². The summed E-state index contributed by atoms with van der Waals surface area (Å²) in [7, 11) is 0. The van der Waals surface area contributed by atoms with E-state index in [1.54, 1.807) is 12.1 Å². The average molecular weight is 348 g/mol. The van der Waals surface area contributed by atoms with Crippen molar-refractivity contribution in [3.05, 3.63) is 35.0 Å². The number of nitrogens with one attached hydrogen (secondary N) is 1. The number of halogens is 1. The summed E-state index contributed by atoms with van der Waals surface area (Å²) in [5, 5.41) is 3.79. The van der Waals surface area contributed by atoms with Crippen LogP contribution in [0.2, 0.25) is 5.02 Å². The smallest absolute Gasteiger partial charge is 0.229 e. The average Bonchev–Trinajstić information content (AvgIpc) is 2.57. The van der Waals surface area contributed by atoms with E-state index in [1.807, 2.05) is 6.07 Å². The molecule has 2 aromatic rings. The molecule has 0 aliphatic rings. The van der Waals surface area contributed by atoms with Gasteiger partial charge in [-0.1, -0.05) is 24.9 Å². The number of rotatable bonds is 8. The Kier molecular flexibility index (Phi) is 6.67. The number of nitrogens with zero attached hydrogens (tertiary/aromatic N) is 3. The van der Waals surface area contributed by atoms with Crippen molar-refractivity contribution in [2.45, 2.75) is 40.0 Å². The molecule has 0 spiro atoms. The Bertz CT molecular complexity index is 670. The van der Waals surface area contributed by atoms with Gasteiger partial charge in [-0.05, 0) is 44.9 Å². The van der Waals surface area contributed by atoms with E-state index in [2.05, 4.69) is 47.0 Å². The van der Waals surface area contributed by atoms with E-state index in [0.717, 1.165) is 49.6 Å². The molecule has 0 amide bonds. The molecule has 0 radical (unpaired) electrons. The van der Waals surface area contributed by atoms with E-state index < -0.39 is 0 Å². The second-order valence-corrected chi connectivity index (χ2v) is 6.09. The second-order valence-electron chi connectivity index (χ2n) is 5.68. The van der Waals surface area contributed by atoms with Gasteiger partial charge >= 0.3 is 0 Å². The fraction of sp³-hybridized carbons (Fsp3) is 0.444. The van der Waals surface area contributed by atoms with E-state index in [-0.39, 0.29) is 0 Å². The number of anilines is 4. The Hall–Kier alpha value is -2.01. The third-order valence-electron chi connectivity index (χ3n) is 3.89. The largest absolute Gasteiger partial charge is 0.397 e. The number of aromatic nitrogens is 2. The first-order chi connectivity index (χ1) is 11.6. The summed E-state index contributed by atoms with van der Waals surface area (Å²) in [6.45, 7) is 8.26. The Balaban J connectivity index is 2.32. The zero-order valence-corrected chi connectivity index (χ0v) is 15.4. The van der Waals surface area contributed by atoms with Gasteiger partial charge in [-0.3, -0.25) is 0 Å². The van der Waals surface area contributed by atoms with Crippen LogP contribution in [0.5, 0.6) is 0 Å². The van der Waals surface area contributed by atoms with Crippen molar-refractivity contribution < 1.29 is 0 Å². The normalized spacial score (nSPS) is 10.7. The first kappa shape index (κ1) is 18.3. The number of benzene rings is 1. The summed E-state index contributed by atoms with van der Waals surface area (Å²) < 4.78 is 0. The number of hydrogen-bond donors (Lipinski definition) is 2. The molecular formula is C18H26ClN5. The van der Waals surface area contributed by atoms with Gasteiger partial charge in [0.15, 0.2) is 0 Å². The maximum absolute atomic E-state index is 5.98. The monoisotopic (exact) mass is 347 g/mol. The lowest BCUT2D eigenvalue weighted by atomic mass is 10.2. The molecule has 0 saturated heterocycles. The first-order valence-corrected chi connectivity index (χ1v) is 8.90. The predicted molar refractivity (Wildman–Crippen MR) is 103 cm³/mol. The third kappa shape index (κ3) is 4.74. The van der Waals surface area contributed by atoms with E-state index in [0.29, 0.717) is 16.7 Å². The highest BCUT2D eigenvalue weighted by molar-refractivity contribution is 6.33. The molecule has 6 heteroatoms. The van der Waals surface area contributed by atoms with Crippen LogP contribution < -0.4 is 16.0 Å². The molecule has 2 rings (SSSR count). The number of aryl methyl sites for hydroxylation is 1. The fourth-order valence-electron chi connectivity index (χ4n) is 2.49. The maximum atomic E-state index is 5.98. The molecule has 0 fully saturated rings. The second kappa shape index (κ2) is 8.73. The van der Waals surface area contributed by atoms with Crippen molar-refractivity contribution >= 4 is 34.7 Å². The van der Waals surface area contributed by atoms with Gasteiger partial charge in [0.05, 0.1) is 10.7 Å². The van der Waals surface area contributed by atoms with Crippen LogP contribution in [0, 0.1) is 0 Å². The highest BCUT2D eigenvalue weighted by Crippen LogP contribution is 2.25. The number of nitrogens with two attached hydrogens (primary N) is 1. The number of unbranched alkanes of at least 4 members (excludes halogenated alkanes) is 1. The van der Waals surface area contributed by atoms with Crippen LogP contribution in [0.1, 0.15) is 39.3 Å². The van der Waals surface area contributed by atoms with Crippen molar-refractivity contribution in [1.82, 2.24) is 9.97 Å². The van der Waals surface area contributed by atoms with E-state index in [1.165, 1.54) is 0 Å². The lowest BCUT2D eigenvalue weighted by molar-refractivity contribution is 0.768. The molecule has 24 heavy (non-hydrogen) atoms. The van der Waals surface area contributed by atoms with Gasteiger partial charge in [-0.25, -0.2) is 4.98 Å². The summed E-state index contributed by atoms with van der Waals surface area (Å²) in [4.78, 5) is 11.5. The van der Waals surface area contributed by atoms with Crippen LogP contribution in [0.15, 0.2) is 24.3 Å². The van der Waals surface area contributed by atoms with Gasteiger partial charge in [0, 0.05) is 30.5 Å². The van der Waals surface area contributed by atoms with E-state index >= 15 is 0 Å². The van der Waals surface area contributed by atoms with Crippen LogP contribution in [0.4, 0.5) is 23.1 Å². The molecular weight excluding hydrogens is 322 g/mol. The van der Waals surface area contributed by atoms with Crippen molar-refractivity contribution in [1.29, 1.82) is 0 Å². The Morgan fingerprint density at radius 3 is 2.50 bits per heavy atom. The number of nitrogen functional groups attached to an aromatic ring is 1. The molecule has 0 aliphatic carbocycles. The van der Waals surface area contributed by atoms with Crippen LogP contribution in [-0.2, 0) is 6.42 Å². The molecule has 1 heterocycles. The Labute approximate surface area is 149 Å². The van der Waals surface area contributed by atoms with Crippen molar-refractivity contribution in [2.24, 2.45) is 0 Å². The minimum absolute atomic E-state index is 0.535. The van der Waals surface area contributed by atoms with Crippen molar-refractivity contribution in [3.63, 3.8) is 0 Å². The maximum Gasteiger partial charge on any atom is 0.229 e. The third-order valence-corrected chi connectivity index (χ3v) is 4.24. The molecule has 5 nitrogen and oxygen atoms in total. The van der Waals surface area contributed by atoms with Crippen LogP contribution in [-0.4, -0.2) is 23.1 Å². The highest BCUT2D eigenvalue weighted by atomic mass is 35.5. The molecule has 1 aromatic carbocycles. The van der Waals surface area contributed by atoms with Gasteiger partial charge in [-0.2, -0.15) is 4.98 Å². The van der Waals surface area contributed by atoms with Gasteiger partial charge < -0.3 is 16.0 Å². The molecule has 0 bridgehead atoms. The van der Waals surface area contributed by atoms with Crippen LogP contribution in [0.25, 0.3) is 0 Å².